The lowest BCUT2D eigenvalue weighted by Crippen LogP contribution is -2.31. The fourth-order valence-corrected chi connectivity index (χ4v) is 5.76. The summed E-state index contributed by atoms with van der Waals surface area (Å²) in [5, 5.41) is 11.6. The first-order valence-electron chi connectivity index (χ1n) is 13.2. The summed E-state index contributed by atoms with van der Waals surface area (Å²) in [5.41, 5.74) is 8.94. The first-order chi connectivity index (χ1) is 18.4. The summed E-state index contributed by atoms with van der Waals surface area (Å²) in [4.78, 5) is 11.8. The number of nitrogens with two attached hydrogens (primary N) is 1. The number of hydrogen-bond acceptors (Lipinski definition) is 6. The number of rotatable bonds is 7. The molecule has 38 heavy (non-hydrogen) atoms. The van der Waals surface area contributed by atoms with Gasteiger partial charge in [-0.2, -0.15) is 0 Å². The van der Waals surface area contributed by atoms with E-state index in [1.54, 1.807) is 24.7 Å². The van der Waals surface area contributed by atoms with Crippen molar-refractivity contribution in [2.75, 3.05) is 18.5 Å². The minimum atomic E-state index is -0.728. The Bertz CT molecular complexity index is 1280. The van der Waals surface area contributed by atoms with Crippen molar-refractivity contribution in [2.45, 2.75) is 56.9 Å². The van der Waals surface area contributed by atoms with Crippen LogP contribution in [0, 0.1) is 23.0 Å². The fraction of sp³-hybridized carbons (Fsp3) is 0.414. The summed E-state index contributed by atoms with van der Waals surface area (Å²) in [7, 11) is 0. The van der Waals surface area contributed by atoms with Crippen molar-refractivity contribution in [1.82, 2.24) is 15.0 Å². The van der Waals surface area contributed by atoms with E-state index in [1.807, 2.05) is 6.07 Å². The van der Waals surface area contributed by atoms with Crippen LogP contribution >= 0.6 is 0 Å². The third kappa shape index (κ3) is 6.00. The number of ether oxygens (including phenoxy) is 1. The van der Waals surface area contributed by atoms with E-state index < -0.39 is 11.6 Å². The zero-order chi connectivity index (χ0) is 26.6. The molecule has 1 aliphatic carbocycles. The summed E-state index contributed by atoms with van der Waals surface area (Å²) in [6.45, 7) is 3.41. The van der Waals surface area contributed by atoms with Crippen LogP contribution in [0.15, 0.2) is 42.9 Å². The largest absolute Gasteiger partial charge is 0.381 e. The normalized spacial score (nSPS) is 22.6. The predicted octanol–water partition coefficient (Wildman–Crippen LogP) is 6.03. The molecule has 1 aliphatic heterocycles. The van der Waals surface area contributed by atoms with Crippen LogP contribution in [-0.2, 0) is 4.74 Å². The molecule has 3 atom stereocenters. The molecule has 1 aromatic carbocycles. The molecule has 0 radical (unpaired) electrons. The molecule has 7 nitrogen and oxygen atoms in total. The van der Waals surface area contributed by atoms with E-state index in [9.17, 15) is 8.78 Å². The molecule has 5 N–H and O–H groups in total. The molecule has 1 saturated carbocycles. The van der Waals surface area contributed by atoms with Gasteiger partial charge in [-0.1, -0.05) is 6.92 Å². The number of nitrogens with zero attached hydrogens (tertiary/aromatic N) is 2. The third-order valence-electron chi connectivity index (χ3n) is 7.58. The van der Waals surface area contributed by atoms with E-state index in [1.165, 1.54) is 18.2 Å². The van der Waals surface area contributed by atoms with Gasteiger partial charge in [0.2, 0.25) is 5.95 Å². The Morgan fingerprint density at radius 1 is 1.13 bits per heavy atom. The van der Waals surface area contributed by atoms with E-state index in [0.717, 1.165) is 43.4 Å². The maximum absolute atomic E-state index is 14.8. The number of aromatic nitrogens is 3. The molecule has 0 bridgehead atoms. The number of anilines is 2. The molecule has 0 spiro atoms. The highest BCUT2D eigenvalue weighted by Crippen LogP contribution is 2.38. The van der Waals surface area contributed by atoms with Gasteiger partial charge in [0.15, 0.2) is 0 Å². The quantitative estimate of drug-likeness (QED) is 0.284. The van der Waals surface area contributed by atoms with Gasteiger partial charge in [0, 0.05) is 25.5 Å². The molecular formula is C29H34F2N6O. The molecular weight excluding hydrogens is 486 g/mol. The van der Waals surface area contributed by atoms with Gasteiger partial charge in [0.1, 0.15) is 11.6 Å². The van der Waals surface area contributed by atoms with Crippen LogP contribution in [0.1, 0.15) is 73.2 Å². The van der Waals surface area contributed by atoms with Crippen LogP contribution in [0.2, 0.25) is 0 Å². The van der Waals surface area contributed by atoms with Crippen molar-refractivity contribution in [3.8, 4) is 0 Å². The average Bonchev–Trinajstić information content (AvgIpc) is 3.34. The highest BCUT2D eigenvalue weighted by Gasteiger charge is 2.27. The molecule has 9 heteroatoms. The number of H-pyrrole nitrogens is 1. The second kappa shape index (κ2) is 11.5. The van der Waals surface area contributed by atoms with Gasteiger partial charge in [-0.3, -0.25) is 4.98 Å². The summed E-state index contributed by atoms with van der Waals surface area (Å²) in [6.07, 6.45) is 12.6. The number of nitrogens with one attached hydrogen (secondary N) is 3. The minimum Gasteiger partial charge on any atom is -0.381 e. The van der Waals surface area contributed by atoms with Crippen molar-refractivity contribution in [1.29, 1.82) is 5.41 Å². The van der Waals surface area contributed by atoms with Gasteiger partial charge in [-0.25, -0.2) is 13.8 Å². The molecule has 3 heterocycles. The van der Waals surface area contributed by atoms with Crippen molar-refractivity contribution in [3.05, 3.63) is 76.9 Å². The molecule has 5 rings (SSSR count). The second-order valence-electron chi connectivity index (χ2n) is 10.5. The Morgan fingerprint density at radius 3 is 2.63 bits per heavy atom. The number of allylic oxidation sites excluding steroid dienone is 1. The number of imidazole rings is 1. The Balaban J connectivity index is 1.27. The Morgan fingerprint density at radius 2 is 1.89 bits per heavy atom. The number of hydrogen-bond donors (Lipinski definition) is 4. The molecule has 0 amide bonds. The number of benzene rings is 1. The van der Waals surface area contributed by atoms with Gasteiger partial charge >= 0.3 is 0 Å². The minimum absolute atomic E-state index is 0.0704. The highest BCUT2D eigenvalue weighted by molar-refractivity contribution is 6.09. The van der Waals surface area contributed by atoms with Crippen LogP contribution in [0.4, 0.5) is 20.4 Å². The summed E-state index contributed by atoms with van der Waals surface area (Å²) >= 11 is 0. The molecule has 3 unspecified atom stereocenters. The van der Waals surface area contributed by atoms with Crippen LogP contribution < -0.4 is 11.1 Å². The smallest absolute Gasteiger partial charge is 0.205 e. The van der Waals surface area contributed by atoms with E-state index >= 15 is 0 Å². The fourth-order valence-electron chi connectivity index (χ4n) is 5.76. The lowest BCUT2D eigenvalue weighted by molar-refractivity contribution is 0.0852. The zero-order valence-electron chi connectivity index (χ0n) is 21.5. The van der Waals surface area contributed by atoms with Gasteiger partial charge in [0.25, 0.3) is 0 Å². The van der Waals surface area contributed by atoms with E-state index in [4.69, 9.17) is 15.9 Å². The van der Waals surface area contributed by atoms with Crippen LogP contribution in [0.5, 0.6) is 0 Å². The lowest BCUT2D eigenvalue weighted by Gasteiger charge is -2.32. The Labute approximate surface area is 221 Å². The standard InChI is InChI=1S/C29H34F2N6O/c1-17-10-20(12-21(32)11-17)23-4-7-34-16-27(23)37-29-35-15-22(36-29)2-3-26(33)28-24(30)13-19(14-25(28)31)18-5-8-38-9-6-18/h2-4,7,13-18,20-21,33H,5-6,8-12,32H2,1H3,(H2,35,36,37)/b3-2-,33-26?. The molecule has 2 fully saturated rings. The topological polar surface area (TPSA) is 113 Å². The van der Waals surface area contributed by atoms with Crippen LogP contribution in [-0.4, -0.2) is 39.9 Å². The van der Waals surface area contributed by atoms with Crippen LogP contribution in [0.3, 0.4) is 0 Å². The molecule has 3 aromatic rings. The summed E-state index contributed by atoms with van der Waals surface area (Å²) < 4.78 is 35.0. The van der Waals surface area contributed by atoms with Crippen LogP contribution in [0.25, 0.3) is 6.08 Å². The van der Waals surface area contributed by atoms with Gasteiger partial charge in [-0.15, -0.1) is 0 Å². The third-order valence-corrected chi connectivity index (χ3v) is 7.58. The number of pyridine rings is 1. The van der Waals surface area contributed by atoms with Gasteiger partial charge < -0.3 is 26.2 Å². The Kier molecular flexibility index (Phi) is 7.95. The van der Waals surface area contributed by atoms with Gasteiger partial charge in [0.05, 0.1) is 35.1 Å². The van der Waals surface area contributed by atoms with Crippen molar-refractivity contribution >= 4 is 23.4 Å². The molecule has 2 aliphatic rings. The monoisotopic (exact) mass is 520 g/mol. The van der Waals surface area contributed by atoms with E-state index in [2.05, 4.69) is 27.2 Å². The SMILES string of the molecule is CC1CC(N)CC(c2ccncc2Nc2ncc(/C=C\C(=N)c3c(F)cc(C4CCOCC4)cc3F)[nH]2)C1. The molecule has 1 saturated heterocycles. The highest BCUT2D eigenvalue weighted by atomic mass is 19.1. The second-order valence-corrected chi connectivity index (χ2v) is 10.5. The summed E-state index contributed by atoms with van der Waals surface area (Å²) in [6, 6.07) is 4.91. The lowest BCUT2D eigenvalue weighted by atomic mass is 9.76. The van der Waals surface area contributed by atoms with Gasteiger partial charge in [-0.05, 0) is 91.3 Å². The van der Waals surface area contributed by atoms with E-state index in [0.29, 0.717) is 42.3 Å². The van der Waals surface area contributed by atoms with Crippen molar-refractivity contribution in [3.63, 3.8) is 0 Å². The van der Waals surface area contributed by atoms with Crippen molar-refractivity contribution in [2.24, 2.45) is 11.7 Å². The zero-order valence-corrected chi connectivity index (χ0v) is 21.5. The van der Waals surface area contributed by atoms with Crippen molar-refractivity contribution < 1.29 is 13.5 Å². The average molecular weight is 521 g/mol. The Hall–Kier alpha value is -3.43. The first-order valence-corrected chi connectivity index (χ1v) is 13.2. The number of halogens is 2. The summed E-state index contributed by atoms with van der Waals surface area (Å²) in [5.74, 6) is 0.0329. The maximum Gasteiger partial charge on any atom is 0.205 e. The molecule has 2 aromatic heterocycles. The number of aromatic amines is 1. The van der Waals surface area contributed by atoms with E-state index in [-0.39, 0.29) is 23.2 Å². The molecule has 200 valence electrons. The maximum atomic E-state index is 14.8. The predicted molar refractivity (Wildman–Crippen MR) is 145 cm³/mol. The first kappa shape index (κ1) is 26.2.